The van der Waals surface area contributed by atoms with Crippen molar-refractivity contribution in [3.63, 3.8) is 0 Å². The van der Waals surface area contributed by atoms with Crippen LogP contribution >= 0.6 is 0 Å². The van der Waals surface area contributed by atoms with Crippen LogP contribution in [0.2, 0.25) is 0 Å². The lowest BCUT2D eigenvalue weighted by Gasteiger charge is -2.61. The minimum atomic E-state index is -4.51. The lowest BCUT2D eigenvalue weighted by atomic mass is 9.52. The second-order valence-corrected chi connectivity index (χ2v) is 12.9. The van der Waals surface area contributed by atoms with Gasteiger partial charge in [-0.2, -0.15) is 18.3 Å². The molecule has 1 N–H and O–H groups in total. The monoisotopic (exact) mass is 557 g/mol. The van der Waals surface area contributed by atoms with E-state index in [0.29, 0.717) is 35.7 Å². The summed E-state index contributed by atoms with van der Waals surface area (Å²) in [4.78, 5) is 17.9. The van der Waals surface area contributed by atoms with Gasteiger partial charge in [-0.15, -0.1) is 0 Å². The number of hydrogen-bond acceptors (Lipinski definition) is 6. The first-order valence-electron chi connectivity index (χ1n) is 14.6. The van der Waals surface area contributed by atoms with Crippen LogP contribution in [0.3, 0.4) is 0 Å². The van der Waals surface area contributed by atoms with Crippen LogP contribution in [0.15, 0.2) is 24.3 Å². The fourth-order valence-corrected chi connectivity index (χ4v) is 9.02. The van der Waals surface area contributed by atoms with E-state index in [-0.39, 0.29) is 30.6 Å². The fraction of sp³-hybridized carbons (Fsp3) is 0.655. The van der Waals surface area contributed by atoms with Crippen LogP contribution in [0.5, 0.6) is 11.5 Å². The van der Waals surface area contributed by atoms with Crippen molar-refractivity contribution in [2.45, 2.75) is 68.7 Å². The van der Waals surface area contributed by atoms with Gasteiger partial charge in [0.25, 0.3) is 5.91 Å². The molecular weight excluding hydrogens is 523 g/mol. The zero-order valence-electron chi connectivity index (χ0n) is 22.3. The number of alkyl halides is 3. The van der Waals surface area contributed by atoms with Gasteiger partial charge in [-0.05, 0) is 74.0 Å². The lowest BCUT2D eigenvalue weighted by molar-refractivity contribution is -0.173. The van der Waals surface area contributed by atoms with E-state index in [1.807, 2.05) is 0 Å². The second-order valence-electron chi connectivity index (χ2n) is 12.9. The number of carbonyl (C=O) groups is 1. The van der Waals surface area contributed by atoms with Gasteiger partial charge in [0.15, 0.2) is 23.2 Å². The normalized spacial score (nSPS) is 34.6. The van der Waals surface area contributed by atoms with Crippen molar-refractivity contribution in [1.29, 1.82) is 0 Å². The fourth-order valence-electron chi connectivity index (χ4n) is 9.02. The summed E-state index contributed by atoms with van der Waals surface area (Å²) < 4.78 is 54.4. The van der Waals surface area contributed by atoms with Gasteiger partial charge >= 0.3 is 6.18 Å². The third-order valence-corrected chi connectivity index (χ3v) is 10.5. The van der Waals surface area contributed by atoms with Crippen LogP contribution < -0.4 is 14.8 Å². The summed E-state index contributed by atoms with van der Waals surface area (Å²) in [5, 5.41) is 7.41. The number of halogens is 3. The molecule has 5 fully saturated rings. The molecule has 0 radical (unpaired) electrons. The maximum absolute atomic E-state index is 14.2. The molecule has 7 aliphatic rings. The van der Waals surface area contributed by atoms with E-state index in [0.717, 1.165) is 35.5 Å². The summed E-state index contributed by atoms with van der Waals surface area (Å²) in [7, 11) is 0. The average Bonchev–Trinajstić information content (AvgIpc) is 3.57. The van der Waals surface area contributed by atoms with Crippen molar-refractivity contribution < 1.29 is 27.4 Å². The van der Waals surface area contributed by atoms with Gasteiger partial charge in [0.2, 0.25) is 6.79 Å². The van der Waals surface area contributed by atoms with E-state index < -0.39 is 18.3 Å². The molecule has 11 heteroatoms. The van der Waals surface area contributed by atoms with Gasteiger partial charge in [-0.1, -0.05) is 6.07 Å². The van der Waals surface area contributed by atoms with Crippen LogP contribution in [-0.2, 0) is 0 Å². The van der Waals surface area contributed by atoms with Gasteiger partial charge < -0.3 is 19.7 Å². The van der Waals surface area contributed by atoms with Gasteiger partial charge in [0, 0.05) is 44.2 Å². The molecule has 1 aromatic carbocycles. The third kappa shape index (κ3) is 3.98. The summed E-state index contributed by atoms with van der Waals surface area (Å²) in [5.74, 6) is 3.58. The number of anilines is 1. The van der Waals surface area contributed by atoms with Gasteiger partial charge in [0.1, 0.15) is 5.82 Å². The number of piperazine rings is 1. The molecule has 4 bridgehead atoms. The molecular formula is C29H34F3N5O3. The molecule has 0 spiro atoms. The van der Waals surface area contributed by atoms with Crippen LogP contribution in [0.1, 0.15) is 73.1 Å². The Hall–Kier alpha value is -2.95. The number of nitrogens with zero attached hydrogens (tertiary/aromatic N) is 4. The molecule has 1 saturated heterocycles. The number of fused-ring (bicyclic) bond motifs is 2. The molecule has 2 atom stereocenters. The number of rotatable bonds is 3. The van der Waals surface area contributed by atoms with Crippen LogP contribution in [-0.4, -0.2) is 70.2 Å². The van der Waals surface area contributed by atoms with Gasteiger partial charge in [-0.3, -0.25) is 9.69 Å². The van der Waals surface area contributed by atoms with Crippen molar-refractivity contribution in [3.05, 3.63) is 35.5 Å². The van der Waals surface area contributed by atoms with Crippen molar-refractivity contribution in [3.8, 4) is 11.5 Å². The predicted octanol–water partition coefficient (Wildman–Crippen LogP) is 5.00. The van der Waals surface area contributed by atoms with Crippen molar-refractivity contribution in [2.24, 2.45) is 17.8 Å². The summed E-state index contributed by atoms with van der Waals surface area (Å²) in [6.07, 6.45) is 3.29. The quantitative estimate of drug-likeness (QED) is 0.573. The molecule has 1 aromatic heterocycles. The molecule has 4 heterocycles. The smallest absolute Gasteiger partial charge is 0.410 e. The Bertz CT molecular complexity index is 1300. The topological polar surface area (TPSA) is 71.9 Å². The molecule has 4 aliphatic carbocycles. The number of amides is 1. The van der Waals surface area contributed by atoms with E-state index >= 15 is 0 Å². The van der Waals surface area contributed by atoms with Crippen LogP contribution in [0.25, 0.3) is 0 Å². The van der Waals surface area contributed by atoms with E-state index in [1.165, 1.54) is 44.6 Å². The highest BCUT2D eigenvalue weighted by Crippen LogP contribution is 2.58. The number of hydrogen-bond donors (Lipinski definition) is 1. The van der Waals surface area contributed by atoms with Crippen LogP contribution in [0, 0.1) is 17.8 Å². The van der Waals surface area contributed by atoms with Crippen molar-refractivity contribution >= 4 is 11.7 Å². The number of carbonyl (C=O) groups excluding carboxylic acids is 1. The van der Waals surface area contributed by atoms with E-state index in [2.05, 4.69) is 15.3 Å². The van der Waals surface area contributed by atoms with E-state index in [4.69, 9.17) is 9.47 Å². The molecule has 9 rings (SSSR count). The van der Waals surface area contributed by atoms with Gasteiger partial charge in [-0.25, -0.2) is 4.68 Å². The third-order valence-electron chi connectivity index (χ3n) is 10.5. The van der Waals surface area contributed by atoms with E-state index in [1.54, 1.807) is 23.1 Å². The van der Waals surface area contributed by atoms with E-state index in [9.17, 15) is 18.0 Å². The Kier molecular flexibility index (Phi) is 5.44. The first-order valence-corrected chi connectivity index (χ1v) is 14.6. The Balaban J connectivity index is 0.995. The molecule has 3 aliphatic heterocycles. The largest absolute Gasteiger partial charge is 0.454 e. The second kappa shape index (κ2) is 8.77. The molecule has 40 heavy (non-hydrogen) atoms. The number of ether oxygens (including phenoxy) is 2. The molecule has 2 aromatic rings. The highest BCUT2D eigenvalue weighted by atomic mass is 19.4. The first kappa shape index (κ1) is 24.8. The number of nitrogens with one attached hydrogen (secondary N) is 1. The molecule has 0 unspecified atom stereocenters. The lowest BCUT2D eigenvalue weighted by Crippen LogP contribution is -2.64. The Morgan fingerprint density at radius 3 is 2.27 bits per heavy atom. The highest BCUT2D eigenvalue weighted by molar-refractivity contribution is 5.93. The number of aromatic nitrogens is 2. The Labute approximate surface area is 230 Å². The maximum Gasteiger partial charge on any atom is 0.410 e. The molecule has 8 nitrogen and oxygen atoms in total. The average molecular weight is 558 g/mol. The Morgan fingerprint density at radius 2 is 1.60 bits per heavy atom. The summed E-state index contributed by atoms with van der Waals surface area (Å²) >= 11 is 0. The zero-order chi connectivity index (χ0) is 27.2. The number of benzene rings is 1. The Morgan fingerprint density at radius 1 is 0.925 bits per heavy atom. The zero-order valence-corrected chi connectivity index (χ0v) is 22.3. The molecule has 1 amide bonds. The van der Waals surface area contributed by atoms with Crippen LogP contribution in [0.4, 0.5) is 19.0 Å². The van der Waals surface area contributed by atoms with Crippen molar-refractivity contribution in [2.75, 3.05) is 38.3 Å². The maximum atomic E-state index is 14.2. The minimum absolute atomic E-state index is 0.0614. The van der Waals surface area contributed by atoms with Gasteiger partial charge in [0.05, 0.1) is 6.04 Å². The minimum Gasteiger partial charge on any atom is -0.454 e. The summed E-state index contributed by atoms with van der Waals surface area (Å²) in [5.41, 5.74) is 1.02. The van der Waals surface area contributed by atoms with Crippen molar-refractivity contribution in [1.82, 2.24) is 19.6 Å². The SMILES string of the molecule is O=C(c1cc2n(n1)[C@@H](C(F)(F)F)C[C@H](c1ccc3c(c1)OCO3)N2)N1CCN(C23CC4CC(CC(C4)C2)C3)CC1. The molecule has 4 saturated carbocycles. The predicted molar refractivity (Wildman–Crippen MR) is 139 cm³/mol. The highest BCUT2D eigenvalue weighted by Gasteiger charge is 2.54. The molecule has 214 valence electrons. The standard InChI is InChI=1S/C29H34F3N5O3/c30-29(31,32)25-11-21(20-1-2-23-24(10-20)40-16-39-23)33-26-12-22(34-37(25)26)27(38)35-3-5-36(6-4-35)28-13-17-7-18(14-28)9-19(8-17)15-28/h1-2,10,12,17-19,21,25,33H,3-9,11,13-16H2/t17?,18?,19?,21-,25-,28?/m1/s1. The summed E-state index contributed by atoms with van der Waals surface area (Å²) in [6.45, 7) is 2.90. The summed E-state index contributed by atoms with van der Waals surface area (Å²) in [6, 6.07) is 4.21. The first-order chi connectivity index (χ1) is 19.2.